The first-order valence-electron chi connectivity index (χ1n) is 4.68. The SMILES string of the molecule is Cc1cc(C(Br)CC(F)(F)F)c(C)cc1Br. The molecular formula is C11H11Br2F3. The van der Waals surface area contributed by atoms with E-state index >= 15 is 0 Å². The fourth-order valence-electron chi connectivity index (χ4n) is 1.45. The Hall–Kier alpha value is -0.0300. The second kappa shape index (κ2) is 5.08. The van der Waals surface area contributed by atoms with E-state index in [1.807, 2.05) is 19.9 Å². The van der Waals surface area contributed by atoms with Gasteiger partial charge in [-0.05, 0) is 36.6 Å². The molecule has 0 aliphatic heterocycles. The fraction of sp³-hybridized carbons (Fsp3) is 0.455. The number of benzene rings is 1. The molecule has 16 heavy (non-hydrogen) atoms. The molecule has 0 amide bonds. The summed E-state index contributed by atoms with van der Waals surface area (Å²) in [5.74, 6) is 0. The third-order valence-electron chi connectivity index (χ3n) is 2.30. The van der Waals surface area contributed by atoms with E-state index in [1.165, 1.54) is 0 Å². The Labute approximate surface area is 109 Å². The van der Waals surface area contributed by atoms with Crippen LogP contribution in [-0.2, 0) is 0 Å². The van der Waals surface area contributed by atoms with Crippen LogP contribution in [0.25, 0.3) is 0 Å². The first kappa shape index (κ1) is 14.0. The first-order chi connectivity index (χ1) is 7.20. The average Bonchev–Trinajstić information content (AvgIpc) is 2.08. The van der Waals surface area contributed by atoms with Crippen LogP contribution in [0.4, 0.5) is 13.2 Å². The van der Waals surface area contributed by atoms with Crippen molar-refractivity contribution in [2.24, 2.45) is 0 Å². The largest absolute Gasteiger partial charge is 0.390 e. The van der Waals surface area contributed by atoms with Gasteiger partial charge in [-0.25, -0.2) is 0 Å². The minimum absolute atomic E-state index is 0.681. The van der Waals surface area contributed by atoms with Crippen LogP contribution in [0.5, 0.6) is 0 Å². The number of rotatable bonds is 2. The summed E-state index contributed by atoms with van der Waals surface area (Å²) in [6, 6.07) is 3.62. The zero-order valence-electron chi connectivity index (χ0n) is 8.83. The number of aryl methyl sites for hydroxylation is 2. The van der Waals surface area contributed by atoms with Crippen molar-refractivity contribution >= 4 is 31.9 Å². The highest BCUT2D eigenvalue weighted by Gasteiger charge is 2.32. The summed E-state index contributed by atoms with van der Waals surface area (Å²) >= 11 is 6.45. The third kappa shape index (κ3) is 3.77. The molecule has 0 spiro atoms. The van der Waals surface area contributed by atoms with Gasteiger partial charge in [0, 0.05) is 9.30 Å². The summed E-state index contributed by atoms with van der Waals surface area (Å²) in [6.45, 7) is 3.67. The molecule has 0 nitrogen and oxygen atoms in total. The van der Waals surface area contributed by atoms with Crippen LogP contribution in [0, 0.1) is 13.8 Å². The van der Waals surface area contributed by atoms with Gasteiger partial charge in [-0.3, -0.25) is 0 Å². The van der Waals surface area contributed by atoms with Gasteiger partial charge in [-0.2, -0.15) is 13.2 Å². The van der Waals surface area contributed by atoms with Gasteiger partial charge in [0.25, 0.3) is 0 Å². The maximum Gasteiger partial charge on any atom is 0.390 e. The maximum atomic E-state index is 12.3. The second-order valence-electron chi connectivity index (χ2n) is 3.74. The van der Waals surface area contributed by atoms with Crippen molar-refractivity contribution < 1.29 is 13.2 Å². The summed E-state index contributed by atoms with van der Waals surface area (Å²) in [4.78, 5) is -0.681. The Morgan fingerprint density at radius 3 is 2.25 bits per heavy atom. The van der Waals surface area contributed by atoms with Crippen LogP contribution in [0.1, 0.15) is 27.9 Å². The highest BCUT2D eigenvalue weighted by Crippen LogP contribution is 2.38. The van der Waals surface area contributed by atoms with E-state index in [9.17, 15) is 13.2 Å². The van der Waals surface area contributed by atoms with E-state index in [4.69, 9.17) is 0 Å². The van der Waals surface area contributed by atoms with Gasteiger partial charge in [0.05, 0.1) is 6.42 Å². The average molecular weight is 360 g/mol. The summed E-state index contributed by atoms with van der Waals surface area (Å²) in [5, 5.41) is 0. The minimum Gasteiger partial charge on any atom is -0.171 e. The zero-order chi connectivity index (χ0) is 12.5. The molecule has 0 N–H and O–H groups in total. The van der Waals surface area contributed by atoms with Crippen molar-refractivity contribution in [3.8, 4) is 0 Å². The molecule has 0 saturated carbocycles. The lowest BCUT2D eigenvalue weighted by molar-refractivity contribution is -0.134. The Morgan fingerprint density at radius 1 is 1.19 bits per heavy atom. The molecular weight excluding hydrogens is 349 g/mol. The Bertz CT molecular complexity index is 386. The van der Waals surface area contributed by atoms with Crippen LogP contribution in [0.15, 0.2) is 16.6 Å². The second-order valence-corrected chi connectivity index (χ2v) is 5.70. The number of hydrogen-bond acceptors (Lipinski definition) is 0. The normalized spacial score (nSPS) is 13.9. The molecule has 1 aromatic carbocycles. The smallest absolute Gasteiger partial charge is 0.171 e. The molecule has 0 heterocycles. The monoisotopic (exact) mass is 358 g/mol. The molecule has 0 saturated heterocycles. The first-order valence-corrected chi connectivity index (χ1v) is 6.39. The predicted octanol–water partition coefficient (Wildman–Crippen LogP) is 5.45. The number of alkyl halides is 4. The van der Waals surface area contributed by atoms with Gasteiger partial charge >= 0.3 is 6.18 Å². The van der Waals surface area contributed by atoms with E-state index in [1.54, 1.807) is 6.07 Å². The van der Waals surface area contributed by atoms with E-state index in [0.717, 1.165) is 15.6 Å². The quantitative estimate of drug-likeness (QED) is 0.615. The van der Waals surface area contributed by atoms with Crippen LogP contribution >= 0.6 is 31.9 Å². The van der Waals surface area contributed by atoms with Crippen LogP contribution in [0.2, 0.25) is 0 Å². The summed E-state index contributed by atoms with van der Waals surface area (Å²) < 4.78 is 37.7. The standard InChI is InChI=1S/C11H11Br2F3/c1-6-4-9(12)7(2)3-8(6)10(13)5-11(14,15)16/h3-4,10H,5H2,1-2H3. The summed E-state index contributed by atoms with van der Waals surface area (Å²) in [6.07, 6.45) is -5.00. The summed E-state index contributed by atoms with van der Waals surface area (Å²) in [7, 11) is 0. The zero-order valence-corrected chi connectivity index (χ0v) is 12.0. The minimum atomic E-state index is -4.15. The van der Waals surface area contributed by atoms with Crippen molar-refractivity contribution in [3.05, 3.63) is 33.3 Å². The number of hydrogen-bond donors (Lipinski definition) is 0. The lowest BCUT2D eigenvalue weighted by Gasteiger charge is -2.16. The molecule has 5 heteroatoms. The lowest BCUT2D eigenvalue weighted by Crippen LogP contribution is -2.11. The number of halogens is 5. The molecule has 1 atom stereocenters. The van der Waals surface area contributed by atoms with Crippen molar-refractivity contribution in [3.63, 3.8) is 0 Å². The predicted molar refractivity (Wildman–Crippen MR) is 66.0 cm³/mol. The van der Waals surface area contributed by atoms with E-state index in [0.29, 0.717) is 5.56 Å². The van der Waals surface area contributed by atoms with Crippen LogP contribution in [0.3, 0.4) is 0 Å². The van der Waals surface area contributed by atoms with Gasteiger partial charge in [-0.1, -0.05) is 37.9 Å². The van der Waals surface area contributed by atoms with Gasteiger partial charge in [-0.15, -0.1) is 0 Å². The van der Waals surface area contributed by atoms with Crippen molar-refractivity contribution in [2.75, 3.05) is 0 Å². The van der Waals surface area contributed by atoms with Gasteiger partial charge < -0.3 is 0 Å². The van der Waals surface area contributed by atoms with Crippen molar-refractivity contribution in [1.29, 1.82) is 0 Å². The third-order valence-corrected chi connectivity index (χ3v) is 3.97. The fourth-order valence-corrected chi connectivity index (χ4v) is 2.77. The van der Waals surface area contributed by atoms with Crippen LogP contribution < -0.4 is 0 Å². The van der Waals surface area contributed by atoms with E-state index in [-0.39, 0.29) is 0 Å². The Kier molecular flexibility index (Phi) is 4.46. The van der Waals surface area contributed by atoms with E-state index in [2.05, 4.69) is 31.9 Å². The van der Waals surface area contributed by atoms with Gasteiger partial charge in [0.1, 0.15) is 0 Å². The molecule has 0 bridgehead atoms. The van der Waals surface area contributed by atoms with Crippen molar-refractivity contribution in [2.45, 2.75) is 31.3 Å². The Morgan fingerprint density at radius 2 is 1.75 bits per heavy atom. The molecule has 1 unspecified atom stereocenters. The van der Waals surface area contributed by atoms with E-state index < -0.39 is 17.4 Å². The lowest BCUT2D eigenvalue weighted by atomic mass is 10.0. The summed E-state index contributed by atoms with van der Waals surface area (Å²) in [5.41, 5.74) is 2.48. The maximum absolute atomic E-state index is 12.3. The van der Waals surface area contributed by atoms with Gasteiger partial charge in [0.2, 0.25) is 0 Å². The van der Waals surface area contributed by atoms with Crippen LogP contribution in [-0.4, -0.2) is 6.18 Å². The van der Waals surface area contributed by atoms with Gasteiger partial charge in [0.15, 0.2) is 0 Å². The molecule has 90 valence electrons. The topological polar surface area (TPSA) is 0 Å². The molecule has 0 aromatic heterocycles. The molecule has 0 aliphatic carbocycles. The molecule has 0 aliphatic rings. The molecule has 0 fully saturated rings. The molecule has 0 radical (unpaired) electrons. The molecule has 1 aromatic rings. The highest BCUT2D eigenvalue weighted by molar-refractivity contribution is 9.10. The molecule has 1 rings (SSSR count). The highest BCUT2D eigenvalue weighted by atomic mass is 79.9. The van der Waals surface area contributed by atoms with Crippen molar-refractivity contribution in [1.82, 2.24) is 0 Å². The Balaban J connectivity index is 3.00.